The predicted molar refractivity (Wildman–Crippen MR) is 103 cm³/mol. The molecular formula is C18H25ClN5O3+. The van der Waals surface area contributed by atoms with Crippen molar-refractivity contribution in [3.05, 3.63) is 23.2 Å². The number of rotatable bonds is 4. The van der Waals surface area contributed by atoms with Gasteiger partial charge in [-0.2, -0.15) is 0 Å². The van der Waals surface area contributed by atoms with Gasteiger partial charge in [-0.1, -0.05) is 11.6 Å². The van der Waals surface area contributed by atoms with E-state index in [4.69, 9.17) is 11.6 Å². The average Bonchev–Trinajstić information content (AvgIpc) is 2.78. The molecule has 3 rings (SSSR count). The summed E-state index contributed by atoms with van der Waals surface area (Å²) in [4.78, 5) is 41.3. The van der Waals surface area contributed by atoms with E-state index in [9.17, 15) is 14.4 Å². The minimum atomic E-state index is -0.999. The van der Waals surface area contributed by atoms with E-state index in [1.807, 2.05) is 6.07 Å². The van der Waals surface area contributed by atoms with Gasteiger partial charge in [0.05, 0.1) is 44.6 Å². The molecule has 8 nitrogen and oxygen atoms in total. The zero-order valence-electron chi connectivity index (χ0n) is 15.8. The maximum Gasteiger partial charge on any atom is 0.325 e. The van der Waals surface area contributed by atoms with E-state index in [0.717, 1.165) is 36.8 Å². The fraction of sp³-hybridized carbons (Fsp3) is 0.500. The Morgan fingerprint density at radius 2 is 1.96 bits per heavy atom. The van der Waals surface area contributed by atoms with Crippen molar-refractivity contribution in [1.82, 2.24) is 10.2 Å². The fourth-order valence-corrected chi connectivity index (χ4v) is 3.48. The minimum absolute atomic E-state index is 0.340. The van der Waals surface area contributed by atoms with Gasteiger partial charge in [0, 0.05) is 5.02 Å². The minimum Gasteiger partial charge on any atom is -0.359 e. The number of quaternary nitrogens is 1. The van der Waals surface area contributed by atoms with Crippen molar-refractivity contribution >= 4 is 40.8 Å². The Morgan fingerprint density at radius 1 is 1.30 bits per heavy atom. The van der Waals surface area contributed by atoms with Gasteiger partial charge in [0.2, 0.25) is 5.91 Å². The molecule has 0 radical (unpaired) electrons. The van der Waals surface area contributed by atoms with Crippen LogP contribution in [0.5, 0.6) is 0 Å². The van der Waals surface area contributed by atoms with Crippen LogP contribution in [0, 0.1) is 0 Å². The summed E-state index contributed by atoms with van der Waals surface area (Å²) in [5, 5.41) is 5.88. The van der Waals surface area contributed by atoms with Gasteiger partial charge in [-0.3, -0.25) is 14.5 Å². The van der Waals surface area contributed by atoms with Gasteiger partial charge >= 0.3 is 6.03 Å². The van der Waals surface area contributed by atoms with Crippen LogP contribution in [0.2, 0.25) is 5.02 Å². The second-order valence-corrected chi connectivity index (χ2v) is 8.04. The molecular weight excluding hydrogens is 370 g/mol. The molecule has 4 amide bonds. The Hall–Kier alpha value is -2.32. The van der Waals surface area contributed by atoms with Crippen molar-refractivity contribution in [2.24, 2.45) is 0 Å². The topological polar surface area (TPSA) is 86.2 Å². The van der Waals surface area contributed by atoms with Crippen molar-refractivity contribution in [3.8, 4) is 0 Å². The van der Waals surface area contributed by atoms with Gasteiger partial charge in [0.25, 0.3) is 5.91 Å². The van der Waals surface area contributed by atoms with Gasteiger partial charge in [0.15, 0.2) is 0 Å². The van der Waals surface area contributed by atoms with Crippen molar-refractivity contribution in [1.29, 1.82) is 0 Å². The number of likely N-dealkylation sites (N-methyl/N-ethyl adjacent to an activating group) is 1. The van der Waals surface area contributed by atoms with Gasteiger partial charge in [-0.15, -0.1) is 0 Å². The van der Waals surface area contributed by atoms with Gasteiger partial charge in [0.1, 0.15) is 12.1 Å². The van der Waals surface area contributed by atoms with E-state index in [-0.39, 0.29) is 6.54 Å². The van der Waals surface area contributed by atoms with Crippen LogP contribution in [0.25, 0.3) is 0 Å². The van der Waals surface area contributed by atoms with Crippen LogP contribution < -0.4 is 20.4 Å². The lowest BCUT2D eigenvalue weighted by Gasteiger charge is -2.33. The standard InChI is InChI=1S/C18H24ClN5O3/c1-18(2)16(26)24(17(27)21-18)11-15(25)20-13-10-12(19)4-5-14(13)23-8-6-22(3)7-9-23/h4-5,10H,6-9,11H2,1-3H3,(H,20,25)(H,21,27)/p+1. The number of hydrogen-bond acceptors (Lipinski definition) is 4. The summed E-state index contributed by atoms with van der Waals surface area (Å²) in [5.74, 6) is -0.865. The van der Waals surface area contributed by atoms with Gasteiger partial charge < -0.3 is 20.4 Å². The number of anilines is 2. The molecule has 3 N–H and O–H groups in total. The number of imide groups is 1. The number of amides is 4. The molecule has 0 aromatic heterocycles. The first-order valence-corrected chi connectivity index (χ1v) is 9.35. The molecule has 0 bridgehead atoms. The molecule has 146 valence electrons. The fourth-order valence-electron chi connectivity index (χ4n) is 3.31. The predicted octanol–water partition coefficient (Wildman–Crippen LogP) is -0.0564. The molecule has 2 fully saturated rings. The van der Waals surface area contributed by atoms with Crippen molar-refractivity contribution in [2.45, 2.75) is 19.4 Å². The Bertz CT molecular complexity index is 774. The lowest BCUT2D eigenvalue weighted by atomic mass is 10.1. The maximum absolute atomic E-state index is 12.5. The zero-order valence-corrected chi connectivity index (χ0v) is 16.5. The van der Waals surface area contributed by atoms with Crippen LogP contribution in [-0.2, 0) is 9.59 Å². The number of benzene rings is 1. The number of nitrogens with zero attached hydrogens (tertiary/aromatic N) is 2. The molecule has 2 heterocycles. The Kier molecular flexibility index (Phi) is 5.30. The molecule has 2 saturated heterocycles. The van der Waals surface area contributed by atoms with Crippen LogP contribution in [0.1, 0.15) is 13.8 Å². The summed E-state index contributed by atoms with van der Waals surface area (Å²) < 4.78 is 0. The summed E-state index contributed by atoms with van der Waals surface area (Å²) in [6.07, 6.45) is 0. The largest absolute Gasteiger partial charge is 0.359 e. The Balaban J connectivity index is 1.73. The third-order valence-corrected chi connectivity index (χ3v) is 5.17. The molecule has 9 heteroatoms. The first-order valence-electron chi connectivity index (χ1n) is 8.97. The SMILES string of the molecule is C[NH+]1CCN(c2ccc(Cl)cc2NC(=O)CN2C(=O)NC(C)(C)C2=O)CC1. The third kappa shape index (κ3) is 4.17. The van der Waals surface area contributed by atoms with E-state index in [2.05, 4.69) is 22.6 Å². The van der Waals surface area contributed by atoms with E-state index in [1.54, 1.807) is 26.0 Å². The first kappa shape index (κ1) is 19.4. The quantitative estimate of drug-likeness (QED) is 0.625. The summed E-state index contributed by atoms with van der Waals surface area (Å²) in [6, 6.07) is 4.80. The Labute approximate surface area is 163 Å². The highest BCUT2D eigenvalue weighted by molar-refractivity contribution is 6.31. The summed E-state index contributed by atoms with van der Waals surface area (Å²) >= 11 is 6.11. The van der Waals surface area contributed by atoms with Gasteiger partial charge in [-0.05, 0) is 32.0 Å². The number of carbonyl (C=O) groups is 3. The van der Waals surface area contributed by atoms with E-state index >= 15 is 0 Å². The summed E-state index contributed by atoms with van der Waals surface area (Å²) in [7, 11) is 2.15. The molecule has 1 aromatic rings. The number of carbonyl (C=O) groups excluding carboxylic acids is 3. The summed E-state index contributed by atoms with van der Waals surface area (Å²) in [6.45, 7) is 6.63. The second-order valence-electron chi connectivity index (χ2n) is 7.60. The number of nitrogens with one attached hydrogen (secondary N) is 3. The van der Waals surface area contributed by atoms with Crippen LogP contribution in [0.4, 0.5) is 16.2 Å². The third-order valence-electron chi connectivity index (χ3n) is 4.94. The highest BCUT2D eigenvalue weighted by Gasteiger charge is 2.44. The molecule has 2 aliphatic rings. The lowest BCUT2D eigenvalue weighted by molar-refractivity contribution is -0.880. The lowest BCUT2D eigenvalue weighted by Crippen LogP contribution is -3.12. The highest BCUT2D eigenvalue weighted by atomic mass is 35.5. The van der Waals surface area contributed by atoms with Crippen LogP contribution in [-0.4, -0.2) is 68.1 Å². The molecule has 0 atom stereocenters. The van der Waals surface area contributed by atoms with Crippen LogP contribution in [0.3, 0.4) is 0 Å². The molecule has 1 aromatic carbocycles. The molecule has 0 spiro atoms. The highest BCUT2D eigenvalue weighted by Crippen LogP contribution is 2.29. The van der Waals surface area contributed by atoms with Crippen molar-refractivity contribution < 1.29 is 19.3 Å². The molecule has 27 heavy (non-hydrogen) atoms. The molecule has 2 aliphatic heterocycles. The van der Waals surface area contributed by atoms with Crippen molar-refractivity contribution in [2.75, 3.05) is 50.0 Å². The number of piperazine rings is 1. The summed E-state index contributed by atoms with van der Waals surface area (Å²) in [5.41, 5.74) is 0.469. The first-order chi connectivity index (χ1) is 12.7. The van der Waals surface area contributed by atoms with Crippen LogP contribution in [0.15, 0.2) is 18.2 Å². The number of hydrogen-bond donors (Lipinski definition) is 3. The number of halogens is 1. The normalized spacial score (nSPS) is 20.0. The van der Waals surface area contributed by atoms with Crippen molar-refractivity contribution in [3.63, 3.8) is 0 Å². The maximum atomic E-state index is 12.5. The molecule has 0 unspecified atom stereocenters. The van der Waals surface area contributed by atoms with E-state index in [1.165, 1.54) is 4.90 Å². The number of urea groups is 1. The monoisotopic (exact) mass is 394 g/mol. The van der Waals surface area contributed by atoms with Crippen LogP contribution >= 0.6 is 11.6 Å². The average molecular weight is 395 g/mol. The molecule has 0 aliphatic carbocycles. The zero-order chi connectivity index (χ0) is 19.8. The Morgan fingerprint density at radius 3 is 2.56 bits per heavy atom. The van der Waals surface area contributed by atoms with E-state index in [0.29, 0.717) is 10.7 Å². The van der Waals surface area contributed by atoms with Gasteiger partial charge in [-0.25, -0.2) is 4.79 Å². The molecule has 0 saturated carbocycles. The van der Waals surface area contributed by atoms with E-state index < -0.39 is 23.4 Å². The second kappa shape index (κ2) is 7.36. The smallest absolute Gasteiger partial charge is 0.325 e.